The number of carbonyl (C=O) groups excluding carboxylic acids is 2. The Hall–Kier alpha value is -1.55. The smallest absolute Gasteiger partial charge is 0.236 e. The number of nitrogens with two attached hydrogens (primary N) is 1. The predicted molar refractivity (Wildman–Crippen MR) is 73.1 cm³/mol. The molecular weight excluding hydrogens is 252 g/mol. The van der Waals surface area contributed by atoms with E-state index in [-0.39, 0.29) is 6.54 Å². The van der Waals surface area contributed by atoms with Gasteiger partial charge in [-0.3, -0.25) is 9.59 Å². The summed E-state index contributed by atoms with van der Waals surface area (Å²) in [6.45, 7) is 4.87. The van der Waals surface area contributed by atoms with Crippen molar-refractivity contribution in [2.24, 2.45) is 11.7 Å². The third-order valence-corrected chi connectivity index (χ3v) is 2.68. The summed E-state index contributed by atoms with van der Waals surface area (Å²) in [4.78, 5) is 23.6. The third-order valence-electron chi connectivity index (χ3n) is 2.38. The van der Waals surface area contributed by atoms with Crippen molar-refractivity contribution in [2.45, 2.75) is 13.8 Å². The summed E-state index contributed by atoms with van der Waals surface area (Å²) in [5, 5.41) is 0.446. The molecule has 1 aromatic carbocycles. The fraction of sp³-hybridized carbons (Fsp3) is 0.385. The van der Waals surface area contributed by atoms with Crippen LogP contribution in [0, 0.1) is 5.92 Å². The Kier molecular flexibility index (Phi) is 5.16. The Bertz CT molecular complexity index is 447. The number of anilines is 1. The maximum atomic E-state index is 11.1. The minimum atomic E-state index is -0.411. The Morgan fingerprint density at radius 2 is 2.17 bits per heavy atom. The fourth-order valence-corrected chi connectivity index (χ4v) is 2.04. The molecule has 0 fully saturated rings. The monoisotopic (exact) mass is 268 g/mol. The van der Waals surface area contributed by atoms with Crippen molar-refractivity contribution in [3.63, 3.8) is 0 Å². The van der Waals surface area contributed by atoms with Gasteiger partial charge in [-0.1, -0.05) is 25.4 Å². The minimum Gasteiger partial charge on any atom is -0.368 e. The van der Waals surface area contributed by atoms with Gasteiger partial charge in [-0.2, -0.15) is 0 Å². The van der Waals surface area contributed by atoms with Crippen LogP contribution in [0.5, 0.6) is 0 Å². The first-order chi connectivity index (χ1) is 8.43. The van der Waals surface area contributed by atoms with Gasteiger partial charge in [0.1, 0.15) is 6.29 Å². The lowest BCUT2D eigenvalue weighted by Gasteiger charge is -2.26. The molecule has 1 amide bonds. The minimum absolute atomic E-state index is 0.109. The summed E-state index contributed by atoms with van der Waals surface area (Å²) in [7, 11) is 0. The first kappa shape index (κ1) is 14.5. The summed E-state index contributed by atoms with van der Waals surface area (Å²) in [5.41, 5.74) is 6.46. The van der Waals surface area contributed by atoms with Gasteiger partial charge in [0.15, 0.2) is 0 Å². The Balaban J connectivity index is 3.03. The molecule has 0 unspecified atom stereocenters. The van der Waals surface area contributed by atoms with Gasteiger partial charge in [0.05, 0.1) is 17.3 Å². The van der Waals surface area contributed by atoms with Gasteiger partial charge < -0.3 is 10.6 Å². The third kappa shape index (κ3) is 4.04. The van der Waals surface area contributed by atoms with E-state index >= 15 is 0 Å². The van der Waals surface area contributed by atoms with E-state index in [0.29, 0.717) is 23.0 Å². The number of rotatable bonds is 6. The molecule has 1 aromatic rings. The number of benzene rings is 1. The van der Waals surface area contributed by atoms with E-state index in [9.17, 15) is 9.59 Å². The summed E-state index contributed by atoms with van der Waals surface area (Å²) in [6.07, 6.45) is 0.733. The second-order valence-corrected chi connectivity index (χ2v) is 4.98. The average molecular weight is 269 g/mol. The Morgan fingerprint density at radius 3 is 2.61 bits per heavy atom. The fourth-order valence-electron chi connectivity index (χ4n) is 1.73. The molecule has 0 saturated heterocycles. The number of primary amides is 1. The highest BCUT2D eigenvalue weighted by Gasteiger charge is 2.14. The predicted octanol–water partition coefficient (Wildman–Crippen LogP) is 2.10. The maximum absolute atomic E-state index is 11.1. The van der Waals surface area contributed by atoms with E-state index in [1.807, 2.05) is 18.7 Å². The van der Waals surface area contributed by atoms with Gasteiger partial charge >= 0.3 is 0 Å². The van der Waals surface area contributed by atoms with Crippen molar-refractivity contribution < 1.29 is 9.59 Å². The van der Waals surface area contributed by atoms with Gasteiger partial charge in [-0.25, -0.2) is 0 Å². The normalized spacial score (nSPS) is 10.4. The highest BCUT2D eigenvalue weighted by molar-refractivity contribution is 6.33. The van der Waals surface area contributed by atoms with Gasteiger partial charge in [-0.15, -0.1) is 0 Å². The number of carbonyl (C=O) groups is 2. The van der Waals surface area contributed by atoms with Crippen molar-refractivity contribution in [1.29, 1.82) is 0 Å². The lowest BCUT2D eigenvalue weighted by molar-refractivity contribution is -0.116. The number of hydrogen-bond acceptors (Lipinski definition) is 3. The van der Waals surface area contributed by atoms with Crippen LogP contribution in [0.2, 0.25) is 5.02 Å². The molecule has 0 saturated carbocycles. The first-order valence-electron chi connectivity index (χ1n) is 5.72. The number of halogens is 1. The van der Waals surface area contributed by atoms with Gasteiger partial charge in [-0.05, 0) is 24.1 Å². The summed E-state index contributed by atoms with van der Waals surface area (Å²) >= 11 is 6.12. The van der Waals surface area contributed by atoms with E-state index in [2.05, 4.69) is 0 Å². The second kappa shape index (κ2) is 6.40. The number of aldehydes is 1. The molecule has 18 heavy (non-hydrogen) atoms. The molecule has 0 bridgehead atoms. The van der Waals surface area contributed by atoms with Crippen LogP contribution in [-0.4, -0.2) is 25.3 Å². The van der Waals surface area contributed by atoms with E-state index in [1.165, 1.54) is 0 Å². The number of nitrogens with zero attached hydrogens (tertiary/aromatic N) is 1. The molecule has 0 aromatic heterocycles. The zero-order chi connectivity index (χ0) is 13.7. The standard InChI is InChI=1S/C13H17ClN2O2/c1-9(2)6-16(7-13(15)18)12-4-3-10(8-17)5-11(12)14/h3-5,8-9H,6-7H2,1-2H3,(H2,15,18). The molecule has 0 spiro atoms. The molecule has 98 valence electrons. The van der Waals surface area contributed by atoms with Crippen molar-refractivity contribution in [2.75, 3.05) is 18.0 Å². The van der Waals surface area contributed by atoms with E-state index in [0.717, 1.165) is 12.0 Å². The number of hydrogen-bond donors (Lipinski definition) is 1. The van der Waals surface area contributed by atoms with Crippen molar-refractivity contribution in [1.82, 2.24) is 0 Å². The molecule has 0 aliphatic carbocycles. The molecule has 0 atom stereocenters. The van der Waals surface area contributed by atoms with Crippen molar-refractivity contribution in [3.05, 3.63) is 28.8 Å². The van der Waals surface area contributed by atoms with Crippen LogP contribution < -0.4 is 10.6 Å². The molecule has 5 heteroatoms. The quantitative estimate of drug-likeness (QED) is 0.804. The lowest BCUT2D eigenvalue weighted by atomic mass is 10.1. The number of amides is 1. The molecule has 0 radical (unpaired) electrons. The van der Waals surface area contributed by atoms with Crippen LogP contribution >= 0.6 is 11.6 Å². The average Bonchev–Trinajstić information content (AvgIpc) is 2.26. The summed E-state index contributed by atoms with van der Waals surface area (Å²) in [5.74, 6) is -0.0441. The van der Waals surface area contributed by atoms with E-state index in [1.54, 1.807) is 18.2 Å². The van der Waals surface area contributed by atoms with Crippen molar-refractivity contribution >= 4 is 29.5 Å². The van der Waals surface area contributed by atoms with Gasteiger partial charge in [0, 0.05) is 12.1 Å². The molecule has 0 aliphatic heterocycles. The van der Waals surface area contributed by atoms with Crippen molar-refractivity contribution in [3.8, 4) is 0 Å². The van der Waals surface area contributed by atoms with Crippen LogP contribution in [0.25, 0.3) is 0 Å². The molecule has 0 heterocycles. The summed E-state index contributed by atoms with van der Waals surface area (Å²) in [6, 6.07) is 4.98. The highest BCUT2D eigenvalue weighted by Crippen LogP contribution is 2.27. The maximum Gasteiger partial charge on any atom is 0.236 e. The van der Waals surface area contributed by atoms with E-state index in [4.69, 9.17) is 17.3 Å². The molecule has 4 nitrogen and oxygen atoms in total. The molecular formula is C13H17ClN2O2. The largest absolute Gasteiger partial charge is 0.368 e. The highest BCUT2D eigenvalue weighted by atomic mass is 35.5. The molecule has 0 aliphatic rings. The zero-order valence-electron chi connectivity index (χ0n) is 10.5. The lowest BCUT2D eigenvalue weighted by Crippen LogP contribution is -2.36. The second-order valence-electron chi connectivity index (χ2n) is 4.57. The SMILES string of the molecule is CC(C)CN(CC(N)=O)c1ccc(C=O)cc1Cl. The van der Waals surface area contributed by atoms with Gasteiger partial charge in [0.25, 0.3) is 0 Å². The van der Waals surface area contributed by atoms with Crippen LogP contribution in [0.3, 0.4) is 0 Å². The zero-order valence-corrected chi connectivity index (χ0v) is 11.3. The summed E-state index contributed by atoms with van der Waals surface area (Å²) < 4.78 is 0. The molecule has 2 N–H and O–H groups in total. The Morgan fingerprint density at radius 1 is 1.50 bits per heavy atom. The van der Waals surface area contributed by atoms with Gasteiger partial charge in [0.2, 0.25) is 5.91 Å². The first-order valence-corrected chi connectivity index (χ1v) is 6.09. The Labute approximate surface area is 112 Å². The topological polar surface area (TPSA) is 63.4 Å². The van der Waals surface area contributed by atoms with Crippen LogP contribution in [0.1, 0.15) is 24.2 Å². The molecule has 1 rings (SSSR count). The van der Waals surface area contributed by atoms with E-state index < -0.39 is 5.91 Å². The van der Waals surface area contributed by atoms with Crippen LogP contribution in [-0.2, 0) is 4.79 Å². The van der Waals surface area contributed by atoms with Crippen LogP contribution in [0.15, 0.2) is 18.2 Å². The van der Waals surface area contributed by atoms with Crippen LogP contribution in [0.4, 0.5) is 5.69 Å².